The molecule has 1 aliphatic rings. The zero-order valence-corrected chi connectivity index (χ0v) is 12.2. The summed E-state index contributed by atoms with van der Waals surface area (Å²) in [7, 11) is 0. The Morgan fingerprint density at radius 2 is 2.22 bits per heavy atom. The molecule has 1 aromatic rings. The molecule has 2 rings (SSSR count). The minimum Gasteiger partial charge on any atom is -0.494 e. The average molecular weight is 367 g/mol. The lowest BCUT2D eigenvalue weighted by Gasteiger charge is -2.15. The molecule has 0 atom stereocenters. The molecule has 0 bridgehead atoms. The Kier molecular flexibility index (Phi) is 4.77. The zero-order chi connectivity index (χ0) is 13.0. The summed E-state index contributed by atoms with van der Waals surface area (Å²) in [6.45, 7) is 1.65. The second-order valence-electron chi connectivity index (χ2n) is 4.54. The normalized spacial score (nSPS) is 19.1. The van der Waals surface area contributed by atoms with Crippen LogP contribution < -0.4 is 4.74 Å². The molecule has 1 heterocycles. The highest BCUT2D eigenvalue weighted by atomic mass is 127. The highest BCUT2D eigenvalue weighted by Gasteiger charge is 2.37. The Hall–Kier alpha value is -0.430. The van der Waals surface area contributed by atoms with Crippen molar-refractivity contribution in [3.63, 3.8) is 0 Å². The van der Waals surface area contributed by atoms with Crippen LogP contribution in [0.25, 0.3) is 0 Å². The van der Waals surface area contributed by atoms with Gasteiger partial charge in [-0.1, -0.05) is 6.07 Å². The van der Waals surface area contributed by atoms with E-state index in [-0.39, 0.29) is 13.0 Å². The van der Waals surface area contributed by atoms with Gasteiger partial charge in [0.1, 0.15) is 5.75 Å². The predicted molar refractivity (Wildman–Crippen MR) is 75.3 cm³/mol. The van der Waals surface area contributed by atoms with Crippen LogP contribution in [0.5, 0.6) is 5.75 Å². The third kappa shape index (κ3) is 4.35. The van der Waals surface area contributed by atoms with Crippen molar-refractivity contribution in [1.29, 1.82) is 0 Å². The smallest absolute Gasteiger partial charge is 0.261 e. The molecule has 5 heteroatoms. The minimum atomic E-state index is -2.49. The lowest BCUT2D eigenvalue weighted by atomic mass is 10.3. The molecule has 0 spiro atoms. The fourth-order valence-electron chi connectivity index (χ4n) is 2.03. The summed E-state index contributed by atoms with van der Waals surface area (Å²) in [4.78, 5) is 1.80. The first kappa shape index (κ1) is 14.0. The summed E-state index contributed by atoms with van der Waals surface area (Å²) < 4.78 is 32.6. The zero-order valence-electron chi connectivity index (χ0n) is 10.0. The summed E-state index contributed by atoms with van der Waals surface area (Å²) in [5, 5.41) is 0. The molecule has 100 valence electrons. The van der Waals surface area contributed by atoms with Gasteiger partial charge in [0.25, 0.3) is 5.92 Å². The molecule has 0 amide bonds. The summed E-state index contributed by atoms with van der Waals surface area (Å²) in [5.74, 6) is -1.65. The first-order valence-corrected chi connectivity index (χ1v) is 7.12. The van der Waals surface area contributed by atoms with Gasteiger partial charge in [0, 0.05) is 23.1 Å². The van der Waals surface area contributed by atoms with Gasteiger partial charge in [-0.25, -0.2) is 8.78 Å². The van der Waals surface area contributed by atoms with E-state index in [1.165, 1.54) is 0 Å². The Bertz CT molecular complexity index is 400. The maximum Gasteiger partial charge on any atom is 0.261 e. The van der Waals surface area contributed by atoms with E-state index < -0.39 is 5.92 Å². The predicted octanol–water partition coefficient (Wildman–Crippen LogP) is 3.40. The molecule has 0 saturated carbocycles. The standard InChI is InChI=1S/C13H16F2INO/c14-13(15)5-7-17(10-13)6-2-8-18-12-4-1-3-11(16)9-12/h1,3-4,9H,2,5-8,10H2. The molecule has 1 fully saturated rings. The van der Waals surface area contributed by atoms with Crippen LogP contribution in [-0.2, 0) is 0 Å². The van der Waals surface area contributed by atoms with E-state index >= 15 is 0 Å². The lowest BCUT2D eigenvalue weighted by molar-refractivity contribution is 0.0119. The maximum atomic E-state index is 12.9. The third-order valence-corrected chi connectivity index (χ3v) is 3.60. The number of benzene rings is 1. The Morgan fingerprint density at radius 1 is 1.39 bits per heavy atom. The molecule has 1 saturated heterocycles. The minimum absolute atomic E-state index is 0.00919. The molecule has 2 nitrogen and oxygen atoms in total. The van der Waals surface area contributed by atoms with Crippen molar-refractivity contribution in [3.8, 4) is 5.75 Å². The Morgan fingerprint density at radius 3 is 2.89 bits per heavy atom. The molecule has 0 aliphatic carbocycles. The second kappa shape index (κ2) is 6.14. The van der Waals surface area contributed by atoms with Crippen LogP contribution in [0.2, 0.25) is 0 Å². The van der Waals surface area contributed by atoms with Gasteiger partial charge in [-0.3, -0.25) is 4.90 Å². The van der Waals surface area contributed by atoms with Crippen molar-refractivity contribution < 1.29 is 13.5 Å². The van der Waals surface area contributed by atoms with Crippen molar-refractivity contribution in [3.05, 3.63) is 27.8 Å². The Balaban J connectivity index is 1.65. The van der Waals surface area contributed by atoms with Gasteiger partial charge in [0.15, 0.2) is 0 Å². The molecule has 1 aromatic carbocycles. The molecule has 0 unspecified atom stereocenters. The van der Waals surface area contributed by atoms with Crippen LogP contribution in [0, 0.1) is 3.57 Å². The topological polar surface area (TPSA) is 12.5 Å². The van der Waals surface area contributed by atoms with Gasteiger partial charge in [0.2, 0.25) is 0 Å². The number of hydrogen-bond donors (Lipinski definition) is 0. The molecule has 1 aliphatic heterocycles. The fraction of sp³-hybridized carbons (Fsp3) is 0.538. The van der Waals surface area contributed by atoms with E-state index in [0.29, 0.717) is 19.7 Å². The van der Waals surface area contributed by atoms with E-state index in [1.54, 1.807) is 4.90 Å². The summed E-state index contributed by atoms with van der Waals surface area (Å²) in [5.41, 5.74) is 0. The molecular formula is C13H16F2INO. The van der Waals surface area contributed by atoms with Crippen molar-refractivity contribution in [2.45, 2.75) is 18.8 Å². The van der Waals surface area contributed by atoms with Crippen LogP contribution in [0.4, 0.5) is 8.78 Å². The molecular weight excluding hydrogens is 351 g/mol. The van der Waals surface area contributed by atoms with Gasteiger partial charge < -0.3 is 4.74 Å². The molecule has 0 aromatic heterocycles. The van der Waals surface area contributed by atoms with Crippen LogP contribution in [0.1, 0.15) is 12.8 Å². The first-order chi connectivity index (χ1) is 8.55. The van der Waals surface area contributed by atoms with Crippen LogP contribution in [0.15, 0.2) is 24.3 Å². The van der Waals surface area contributed by atoms with E-state index in [4.69, 9.17) is 4.74 Å². The third-order valence-electron chi connectivity index (χ3n) is 2.93. The van der Waals surface area contributed by atoms with E-state index in [2.05, 4.69) is 22.6 Å². The molecule has 0 N–H and O–H groups in total. The van der Waals surface area contributed by atoms with Gasteiger partial charge in [0.05, 0.1) is 13.2 Å². The lowest BCUT2D eigenvalue weighted by Crippen LogP contribution is -2.27. The number of nitrogens with zero attached hydrogens (tertiary/aromatic N) is 1. The number of hydrogen-bond acceptors (Lipinski definition) is 2. The maximum absolute atomic E-state index is 12.9. The summed E-state index contributed by atoms with van der Waals surface area (Å²) >= 11 is 2.23. The molecule has 0 radical (unpaired) electrons. The van der Waals surface area contributed by atoms with E-state index in [1.807, 2.05) is 24.3 Å². The van der Waals surface area contributed by atoms with E-state index in [0.717, 1.165) is 15.7 Å². The monoisotopic (exact) mass is 367 g/mol. The van der Waals surface area contributed by atoms with Crippen LogP contribution in [-0.4, -0.2) is 37.1 Å². The SMILES string of the molecule is FC1(F)CCN(CCCOc2cccc(I)c2)C1. The van der Waals surface area contributed by atoms with Crippen LogP contribution >= 0.6 is 22.6 Å². The highest BCUT2D eigenvalue weighted by molar-refractivity contribution is 14.1. The van der Waals surface area contributed by atoms with E-state index in [9.17, 15) is 8.78 Å². The van der Waals surface area contributed by atoms with Gasteiger partial charge >= 0.3 is 0 Å². The highest BCUT2D eigenvalue weighted by Crippen LogP contribution is 2.26. The van der Waals surface area contributed by atoms with Crippen LogP contribution in [0.3, 0.4) is 0 Å². The van der Waals surface area contributed by atoms with Crippen molar-refractivity contribution in [2.75, 3.05) is 26.2 Å². The molecule has 18 heavy (non-hydrogen) atoms. The van der Waals surface area contributed by atoms with Gasteiger partial charge in [-0.05, 0) is 47.2 Å². The fourth-order valence-corrected chi connectivity index (χ4v) is 2.55. The number of ether oxygens (including phenoxy) is 1. The first-order valence-electron chi connectivity index (χ1n) is 6.04. The largest absolute Gasteiger partial charge is 0.494 e. The summed E-state index contributed by atoms with van der Waals surface area (Å²) in [6, 6.07) is 7.81. The summed E-state index contributed by atoms with van der Waals surface area (Å²) in [6.07, 6.45) is 0.770. The number of alkyl halides is 2. The second-order valence-corrected chi connectivity index (χ2v) is 5.79. The number of rotatable bonds is 5. The average Bonchev–Trinajstić information content (AvgIpc) is 2.65. The van der Waals surface area contributed by atoms with Crippen molar-refractivity contribution >= 4 is 22.6 Å². The van der Waals surface area contributed by atoms with Gasteiger partial charge in [-0.15, -0.1) is 0 Å². The Labute approximate surface area is 119 Å². The van der Waals surface area contributed by atoms with Gasteiger partial charge in [-0.2, -0.15) is 0 Å². The van der Waals surface area contributed by atoms with Crippen molar-refractivity contribution in [2.24, 2.45) is 0 Å². The van der Waals surface area contributed by atoms with Crippen molar-refractivity contribution in [1.82, 2.24) is 4.90 Å². The number of likely N-dealkylation sites (tertiary alicyclic amines) is 1. The quantitative estimate of drug-likeness (QED) is 0.584. The number of halogens is 3.